The molecule has 0 spiro atoms. The van der Waals surface area contributed by atoms with Gasteiger partial charge in [0.05, 0.1) is 18.2 Å². The van der Waals surface area contributed by atoms with Crippen molar-refractivity contribution in [3.05, 3.63) is 52.1 Å². The van der Waals surface area contributed by atoms with Crippen LogP contribution in [-0.4, -0.2) is 42.0 Å². The second-order valence-corrected chi connectivity index (χ2v) is 5.45. The molecule has 0 saturated heterocycles. The summed E-state index contributed by atoms with van der Waals surface area (Å²) in [5.41, 5.74) is 2.00. The first kappa shape index (κ1) is 18.0. The van der Waals surface area contributed by atoms with Crippen LogP contribution in [0.4, 0.5) is 5.69 Å². The van der Waals surface area contributed by atoms with Gasteiger partial charge >= 0.3 is 5.69 Å². The van der Waals surface area contributed by atoms with Gasteiger partial charge in [-0.25, -0.2) is 5.43 Å². The molecule has 2 N–H and O–H groups in total. The molecule has 2 aromatic rings. The molecule has 1 aliphatic rings. The van der Waals surface area contributed by atoms with Gasteiger partial charge in [-0.3, -0.25) is 14.9 Å². The van der Waals surface area contributed by atoms with Gasteiger partial charge in [0, 0.05) is 11.6 Å². The number of aromatic hydroxyl groups is 1. The Labute approximate surface area is 153 Å². The average Bonchev–Trinajstić information content (AvgIpc) is 2.68. The van der Waals surface area contributed by atoms with Crippen LogP contribution in [0.5, 0.6) is 23.0 Å². The van der Waals surface area contributed by atoms with Gasteiger partial charge in [-0.1, -0.05) is 12.1 Å². The Kier molecular flexibility index (Phi) is 5.06. The summed E-state index contributed by atoms with van der Waals surface area (Å²) in [6, 6.07) is 9.40. The summed E-state index contributed by atoms with van der Waals surface area (Å²) in [6.07, 6.45) is 0.297. The van der Waals surface area contributed by atoms with Crippen molar-refractivity contribution in [2.45, 2.75) is 6.10 Å². The summed E-state index contributed by atoms with van der Waals surface area (Å²) >= 11 is 0. The SMILES string of the molecule is COc1cc(C=NNC(=O)[C@@H]2COc3ccccc3O2)cc([N+](=O)[O-])c1O. The molecular formula is C17H15N3O7. The molecule has 27 heavy (non-hydrogen) atoms. The van der Waals surface area contributed by atoms with Crippen LogP contribution >= 0.6 is 0 Å². The minimum atomic E-state index is -0.888. The summed E-state index contributed by atoms with van der Waals surface area (Å²) in [5, 5.41) is 24.5. The standard InChI is InChI=1S/C17H15N3O7/c1-25-14-7-10(6-11(16(14)21)20(23)24)8-18-19-17(22)15-9-26-12-4-2-3-5-13(12)27-15/h2-8,15,21H,9H2,1H3,(H,19,22)/t15-/m0/s1. The molecule has 1 atom stereocenters. The third kappa shape index (κ3) is 3.89. The molecule has 0 radical (unpaired) electrons. The number of para-hydroxylation sites is 2. The zero-order valence-corrected chi connectivity index (χ0v) is 14.1. The van der Waals surface area contributed by atoms with Crippen molar-refractivity contribution in [1.82, 2.24) is 5.43 Å². The fourth-order valence-electron chi connectivity index (χ4n) is 2.37. The molecule has 0 aliphatic carbocycles. The fourth-order valence-corrected chi connectivity index (χ4v) is 2.37. The van der Waals surface area contributed by atoms with Crippen LogP contribution in [0.25, 0.3) is 0 Å². The molecule has 0 bridgehead atoms. The maximum atomic E-state index is 12.1. The van der Waals surface area contributed by atoms with Crippen LogP contribution in [0.1, 0.15) is 5.56 Å². The van der Waals surface area contributed by atoms with E-state index in [-0.39, 0.29) is 17.9 Å². The number of ether oxygens (including phenoxy) is 3. The molecule has 10 heteroatoms. The van der Waals surface area contributed by atoms with E-state index in [1.165, 1.54) is 19.4 Å². The number of hydrogen-bond donors (Lipinski definition) is 2. The van der Waals surface area contributed by atoms with E-state index >= 15 is 0 Å². The highest BCUT2D eigenvalue weighted by atomic mass is 16.6. The van der Waals surface area contributed by atoms with E-state index in [1.807, 2.05) is 0 Å². The fraction of sp³-hybridized carbons (Fsp3) is 0.176. The van der Waals surface area contributed by atoms with Crippen molar-refractivity contribution in [2.75, 3.05) is 13.7 Å². The van der Waals surface area contributed by atoms with Crippen LogP contribution < -0.4 is 19.6 Å². The lowest BCUT2D eigenvalue weighted by Crippen LogP contribution is -2.42. The smallest absolute Gasteiger partial charge is 0.315 e. The number of carbonyl (C=O) groups is 1. The first-order valence-electron chi connectivity index (χ1n) is 7.76. The van der Waals surface area contributed by atoms with Gasteiger partial charge in [0.1, 0.15) is 6.61 Å². The van der Waals surface area contributed by atoms with E-state index < -0.39 is 28.4 Å². The molecule has 1 heterocycles. The second-order valence-electron chi connectivity index (χ2n) is 5.45. The number of nitro groups is 1. The molecule has 0 fully saturated rings. The van der Waals surface area contributed by atoms with Crippen molar-refractivity contribution in [1.29, 1.82) is 0 Å². The summed E-state index contributed by atoms with van der Waals surface area (Å²) in [4.78, 5) is 22.4. The predicted molar refractivity (Wildman–Crippen MR) is 93.4 cm³/mol. The summed E-state index contributed by atoms with van der Waals surface area (Å²) in [6.45, 7) is 0.0247. The van der Waals surface area contributed by atoms with Crippen molar-refractivity contribution in [2.24, 2.45) is 5.10 Å². The van der Waals surface area contributed by atoms with Gasteiger partial charge in [0.2, 0.25) is 11.9 Å². The number of amides is 1. The second kappa shape index (κ2) is 7.60. The number of nitrogens with one attached hydrogen (secondary N) is 1. The van der Waals surface area contributed by atoms with Crippen LogP contribution in [0.2, 0.25) is 0 Å². The van der Waals surface area contributed by atoms with Crippen LogP contribution in [0.3, 0.4) is 0 Å². The molecule has 0 unspecified atom stereocenters. The summed E-state index contributed by atoms with van der Waals surface area (Å²) in [7, 11) is 1.26. The van der Waals surface area contributed by atoms with Gasteiger partial charge in [0.15, 0.2) is 17.2 Å². The minimum absolute atomic E-state index is 0.0247. The normalized spacial score (nSPS) is 15.4. The van der Waals surface area contributed by atoms with Crippen LogP contribution in [-0.2, 0) is 4.79 Å². The lowest BCUT2D eigenvalue weighted by molar-refractivity contribution is -0.386. The Hall–Kier alpha value is -3.82. The molecule has 1 aliphatic heterocycles. The maximum Gasteiger partial charge on any atom is 0.315 e. The number of nitrogens with zero attached hydrogens (tertiary/aromatic N) is 2. The van der Waals surface area contributed by atoms with Crippen LogP contribution in [0.15, 0.2) is 41.5 Å². The Morgan fingerprint density at radius 3 is 2.85 bits per heavy atom. The lowest BCUT2D eigenvalue weighted by Gasteiger charge is -2.24. The highest BCUT2D eigenvalue weighted by Crippen LogP contribution is 2.36. The van der Waals surface area contributed by atoms with Crippen molar-refractivity contribution in [3.8, 4) is 23.0 Å². The number of benzene rings is 2. The van der Waals surface area contributed by atoms with Gasteiger partial charge in [-0.2, -0.15) is 5.10 Å². The van der Waals surface area contributed by atoms with Gasteiger partial charge in [0.25, 0.3) is 5.91 Å². The number of carbonyl (C=O) groups excluding carboxylic acids is 1. The first-order valence-corrected chi connectivity index (χ1v) is 7.76. The van der Waals surface area contributed by atoms with E-state index in [9.17, 15) is 20.0 Å². The minimum Gasteiger partial charge on any atom is -0.500 e. The van der Waals surface area contributed by atoms with E-state index in [1.54, 1.807) is 24.3 Å². The molecule has 0 aromatic heterocycles. The molecule has 0 saturated carbocycles. The average molecular weight is 373 g/mol. The highest BCUT2D eigenvalue weighted by Gasteiger charge is 2.27. The summed E-state index contributed by atoms with van der Waals surface area (Å²) < 4.78 is 15.9. The predicted octanol–water partition coefficient (Wildman–Crippen LogP) is 1.60. The van der Waals surface area contributed by atoms with E-state index in [0.29, 0.717) is 11.5 Å². The molecule has 3 rings (SSSR count). The number of rotatable bonds is 5. The monoisotopic (exact) mass is 373 g/mol. The van der Waals surface area contributed by atoms with Crippen molar-refractivity contribution < 1.29 is 29.0 Å². The molecule has 2 aromatic carbocycles. The van der Waals surface area contributed by atoms with Crippen molar-refractivity contribution >= 4 is 17.8 Å². The Morgan fingerprint density at radius 1 is 1.41 bits per heavy atom. The van der Waals surface area contributed by atoms with Gasteiger partial charge < -0.3 is 19.3 Å². The third-order valence-electron chi connectivity index (χ3n) is 3.68. The Balaban J connectivity index is 1.68. The largest absolute Gasteiger partial charge is 0.500 e. The van der Waals surface area contributed by atoms with Crippen LogP contribution in [0, 0.1) is 10.1 Å². The number of phenolic OH excluding ortho intramolecular Hbond substituents is 1. The number of nitro benzene ring substituents is 1. The quantitative estimate of drug-likeness (QED) is 0.462. The lowest BCUT2D eigenvalue weighted by atomic mass is 10.2. The van der Waals surface area contributed by atoms with Crippen molar-refractivity contribution in [3.63, 3.8) is 0 Å². The maximum absolute atomic E-state index is 12.1. The molecular weight excluding hydrogens is 358 g/mol. The van der Waals surface area contributed by atoms with E-state index in [2.05, 4.69) is 10.5 Å². The zero-order valence-electron chi connectivity index (χ0n) is 14.1. The number of hydrogen-bond acceptors (Lipinski definition) is 8. The Bertz CT molecular complexity index is 913. The summed E-state index contributed by atoms with van der Waals surface area (Å²) in [5.74, 6) is -0.214. The molecule has 1 amide bonds. The Morgan fingerprint density at radius 2 is 2.15 bits per heavy atom. The molecule has 140 valence electrons. The topological polar surface area (TPSA) is 133 Å². The number of fused-ring (bicyclic) bond motifs is 1. The van der Waals surface area contributed by atoms with Gasteiger partial charge in [-0.15, -0.1) is 0 Å². The number of methoxy groups -OCH3 is 1. The van der Waals surface area contributed by atoms with Gasteiger partial charge in [-0.05, 0) is 18.2 Å². The third-order valence-corrected chi connectivity index (χ3v) is 3.68. The number of phenols is 1. The zero-order chi connectivity index (χ0) is 19.4. The molecule has 10 nitrogen and oxygen atoms in total. The van der Waals surface area contributed by atoms with E-state index in [0.717, 1.165) is 6.07 Å². The number of hydrazone groups is 1. The first-order chi connectivity index (χ1) is 13.0. The highest BCUT2D eigenvalue weighted by molar-refractivity contribution is 5.86. The van der Waals surface area contributed by atoms with E-state index in [4.69, 9.17) is 14.2 Å².